The molecule has 1 aliphatic heterocycles. The Balaban J connectivity index is 1.88. The van der Waals surface area contributed by atoms with Crippen molar-refractivity contribution in [1.29, 1.82) is 0 Å². The van der Waals surface area contributed by atoms with Crippen LogP contribution in [0.4, 0.5) is 9.52 Å². The zero-order valence-electron chi connectivity index (χ0n) is 13.5. The van der Waals surface area contributed by atoms with Crippen LogP contribution in [-0.4, -0.2) is 28.7 Å². The Morgan fingerprint density at radius 1 is 1.46 bits per heavy atom. The van der Waals surface area contributed by atoms with E-state index in [1.165, 1.54) is 28.4 Å². The molecular weight excluding hydrogens is 329 g/mol. The summed E-state index contributed by atoms with van der Waals surface area (Å²) in [5.41, 5.74) is 0.626. The number of amides is 2. The fourth-order valence-corrected chi connectivity index (χ4v) is 3.74. The maximum Gasteiger partial charge on any atom is 0.231 e. The van der Waals surface area contributed by atoms with Crippen LogP contribution in [0, 0.1) is 18.7 Å². The van der Waals surface area contributed by atoms with Crippen molar-refractivity contribution in [2.24, 2.45) is 5.92 Å². The summed E-state index contributed by atoms with van der Waals surface area (Å²) in [4.78, 5) is 31.5. The lowest BCUT2D eigenvalue weighted by Gasteiger charge is -2.38. The lowest BCUT2D eigenvalue weighted by molar-refractivity contribution is -0.140. The molecule has 24 heavy (non-hydrogen) atoms. The first-order valence-electron chi connectivity index (χ1n) is 7.70. The highest BCUT2D eigenvalue weighted by atomic mass is 32.1. The molecule has 2 amide bonds. The van der Waals surface area contributed by atoms with Crippen molar-refractivity contribution in [1.82, 2.24) is 9.88 Å². The Morgan fingerprint density at radius 2 is 2.25 bits per heavy atom. The number of aryl methyl sites for hydroxylation is 1. The number of piperidine rings is 1. The smallest absolute Gasteiger partial charge is 0.231 e. The molecule has 1 saturated heterocycles. The second kappa shape index (κ2) is 6.68. The number of hydrogen-bond acceptors (Lipinski definition) is 4. The molecule has 0 spiro atoms. The highest BCUT2D eigenvalue weighted by Gasteiger charge is 2.39. The van der Waals surface area contributed by atoms with E-state index in [2.05, 4.69) is 10.3 Å². The van der Waals surface area contributed by atoms with Gasteiger partial charge in [0.25, 0.3) is 0 Å². The molecule has 5 nitrogen and oxygen atoms in total. The van der Waals surface area contributed by atoms with Gasteiger partial charge in [-0.05, 0) is 31.0 Å². The molecule has 7 heteroatoms. The van der Waals surface area contributed by atoms with Crippen LogP contribution in [0.25, 0.3) is 0 Å². The van der Waals surface area contributed by atoms with Gasteiger partial charge in [-0.3, -0.25) is 9.59 Å². The number of hydrogen-bond donors (Lipinski definition) is 1. The van der Waals surface area contributed by atoms with E-state index in [-0.39, 0.29) is 17.6 Å². The van der Waals surface area contributed by atoms with Crippen molar-refractivity contribution >= 4 is 28.3 Å². The Hall–Kier alpha value is -2.28. The fraction of sp³-hybridized carbons (Fsp3) is 0.353. The van der Waals surface area contributed by atoms with Crippen LogP contribution >= 0.6 is 11.3 Å². The topological polar surface area (TPSA) is 62.3 Å². The number of carbonyl (C=O) groups excluding carboxylic acids is 2. The molecule has 1 aliphatic rings. The minimum atomic E-state index is -0.483. The van der Waals surface area contributed by atoms with Gasteiger partial charge in [-0.25, -0.2) is 9.37 Å². The van der Waals surface area contributed by atoms with Crippen molar-refractivity contribution in [2.45, 2.75) is 25.8 Å². The third-order valence-corrected chi connectivity index (χ3v) is 5.07. The Labute approximate surface area is 143 Å². The molecule has 0 aliphatic carbocycles. The predicted molar refractivity (Wildman–Crippen MR) is 90.1 cm³/mol. The number of nitrogens with one attached hydrogen (secondary N) is 1. The molecule has 0 saturated carbocycles. The number of aromatic nitrogens is 1. The fourth-order valence-electron chi connectivity index (χ4n) is 3.07. The van der Waals surface area contributed by atoms with Gasteiger partial charge < -0.3 is 10.2 Å². The number of carbonyl (C=O) groups is 2. The summed E-state index contributed by atoms with van der Waals surface area (Å²) >= 11 is 1.40. The number of halogens is 1. The van der Waals surface area contributed by atoms with Gasteiger partial charge in [0.15, 0.2) is 5.13 Å². The molecule has 1 N–H and O–H groups in total. The maximum atomic E-state index is 13.6. The van der Waals surface area contributed by atoms with E-state index in [0.29, 0.717) is 23.5 Å². The summed E-state index contributed by atoms with van der Waals surface area (Å²) in [6.45, 7) is 1.91. The number of thiazole rings is 1. The van der Waals surface area contributed by atoms with Crippen LogP contribution in [-0.2, 0) is 9.59 Å². The summed E-state index contributed by atoms with van der Waals surface area (Å²) in [5.74, 6) is -1.07. The van der Waals surface area contributed by atoms with E-state index in [1.807, 2.05) is 6.92 Å². The number of rotatable bonds is 3. The van der Waals surface area contributed by atoms with E-state index in [1.54, 1.807) is 25.4 Å². The van der Waals surface area contributed by atoms with Crippen LogP contribution in [0.2, 0.25) is 0 Å². The van der Waals surface area contributed by atoms with Crippen LogP contribution in [0.5, 0.6) is 0 Å². The first-order chi connectivity index (χ1) is 11.5. The summed E-state index contributed by atoms with van der Waals surface area (Å²) in [6.07, 6.45) is 2.43. The molecule has 0 unspecified atom stereocenters. The molecule has 2 heterocycles. The number of likely N-dealkylation sites (tertiary alicyclic amines) is 1. The standard InChI is InChI=1S/C17H18FN3O2S/c1-10-9-19-17(24-10)20-16(23)13-6-7-14(22)21(2)15(13)11-4-3-5-12(18)8-11/h3-5,8-9,13,15H,6-7H2,1-2H3,(H,19,20,23)/t13-,15+/m1/s1. The zero-order valence-corrected chi connectivity index (χ0v) is 14.3. The number of anilines is 1. The molecule has 2 aromatic rings. The van der Waals surface area contributed by atoms with E-state index in [0.717, 1.165) is 4.88 Å². The van der Waals surface area contributed by atoms with Crippen molar-refractivity contribution < 1.29 is 14.0 Å². The average molecular weight is 347 g/mol. The predicted octanol–water partition coefficient (Wildman–Crippen LogP) is 3.14. The van der Waals surface area contributed by atoms with Gasteiger partial charge in [0, 0.05) is 24.5 Å². The van der Waals surface area contributed by atoms with Crippen molar-refractivity contribution in [3.8, 4) is 0 Å². The Bertz CT molecular complexity index is 777. The second-order valence-corrected chi connectivity index (χ2v) is 7.15. The first kappa shape index (κ1) is 16.6. The molecule has 1 fully saturated rings. The van der Waals surface area contributed by atoms with Gasteiger partial charge >= 0.3 is 0 Å². The molecule has 2 atom stereocenters. The second-order valence-electron chi connectivity index (χ2n) is 5.91. The monoisotopic (exact) mass is 347 g/mol. The maximum absolute atomic E-state index is 13.6. The lowest BCUT2D eigenvalue weighted by Crippen LogP contribution is -2.44. The lowest BCUT2D eigenvalue weighted by atomic mass is 9.84. The van der Waals surface area contributed by atoms with Crippen LogP contribution in [0.15, 0.2) is 30.5 Å². The number of nitrogens with zero attached hydrogens (tertiary/aromatic N) is 2. The highest BCUT2D eigenvalue weighted by Crippen LogP contribution is 2.36. The van der Waals surface area contributed by atoms with Gasteiger partial charge in [-0.2, -0.15) is 0 Å². The Kier molecular flexibility index (Phi) is 4.62. The SMILES string of the molecule is Cc1cnc(NC(=O)[C@@H]2CCC(=O)N(C)[C@H]2c2cccc(F)c2)s1. The summed E-state index contributed by atoms with van der Waals surface area (Å²) in [5, 5.41) is 3.36. The van der Waals surface area contributed by atoms with Crippen LogP contribution in [0.1, 0.15) is 29.3 Å². The molecule has 1 aromatic heterocycles. The molecule has 0 radical (unpaired) electrons. The van der Waals surface area contributed by atoms with E-state index in [9.17, 15) is 14.0 Å². The van der Waals surface area contributed by atoms with Gasteiger partial charge in [-0.1, -0.05) is 12.1 Å². The highest BCUT2D eigenvalue weighted by molar-refractivity contribution is 7.15. The van der Waals surface area contributed by atoms with E-state index in [4.69, 9.17) is 0 Å². The summed E-state index contributed by atoms with van der Waals surface area (Å²) in [7, 11) is 1.66. The Morgan fingerprint density at radius 3 is 2.92 bits per heavy atom. The van der Waals surface area contributed by atoms with Crippen molar-refractivity contribution in [3.05, 3.63) is 46.7 Å². The number of benzene rings is 1. The molecule has 0 bridgehead atoms. The molecular formula is C17H18FN3O2S. The summed E-state index contributed by atoms with van der Waals surface area (Å²) in [6, 6.07) is 5.59. The van der Waals surface area contributed by atoms with Gasteiger partial charge in [0.2, 0.25) is 11.8 Å². The van der Waals surface area contributed by atoms with E-state index >= 15 is 0 Å². The zero-order chi connectivity index (χ0) is 17.3. The van der Waals surface area contributed by atoms with Crippen molar-refractivity contribution in [2.75, 3.05) is 12.4 Å². The minimum Gasteiger partial charge on any atom is -0.338 e. The largest absolute Gasteiger partial charge is 0.338 e. The van der Waals surface area contributed by atoms with Crippen LogP contribution in [0.3, 0.4) is 0 Å². The third kappa shape index (κ3) is 3.31. The molecule has 3 rings (SSSR count). The normalized spacial score (nSPS) is 21.0. The van der Waals surface area contributed by atoms with E-state index < -0.39 is 12.0 Å². The first-order valence-corrected chi connectivity index (χ1v) is 8.52. The summed E-state index contributed by atoms with van der Waals surface area (Å²) < 4.78 is 13.6. The average Bonchev–Trinajstić information content (AvgIpc) is 2.94. The minimum absolute atomic E-state index is 0.0431. The third-order valence-electron chi connectivity index (χ3n) is 4.24. The van der Waals surface area contributed by atoms with Crippen molar-refractivity contribution in [3.63, 3.8) is 0 Å². The molecule has 1 aromatic carbocycles. The van der Waals surface area contributed by atoms with Crippen LogP contribution < -0.4 is 5.32 Å². The van der Waals surface area contributed by atoms with Gasteiger partial charge in [-0.15, -0.1) is 11.3 Å². The van der Waals surface area contributed by atoms with Gasteiger partial charge in [0.1, 0.15) is 5.82 Å². The quantitative estimate of drug-likeness (QED) is 0.928. The van der Waals surface area contributed by atoms with Gasteiger partial charge in [0.05, 0.1) is 12.0 Å². The molecule has 126 valence electrons.